The number of aliphatic hydroxyl groups excluding tert-OH is 1. The van der Waals surface area contributed by atoms with Crippen molar-refractivity contribution in [3.05, 3.63) is 35.7 Å². The first-order valence-corrected chi connectivity index (χ1v) is 7.26. The Bertz CT molecular complexity index is 628. The minimum Gasteiger partial charge on any atom is -0.441 e. The van der Waals surface area contributed by atoms with Crippen LogP contribution in [0.1, 0.15) is 24.8 Å². The van der Waals surface area contributed by atoms with Crippen molar-refractivity contribution in [1.82, 2.24) is 10.3 Å². The number of hydrogen-bond donors (Lipinski definition) is 3. The molecule has 6 heteroatoms. The molecule has 1 aromatic carbocycles. The first-order valence-electron chi connectivity index (χ1n) is 7.26. The molecule has 118 valence electrons. The predicted octanol–water partition coefficient (Wildman–Crippen LogP) is 2.85. The Labute approximate surface area is 129 Å². The Morgan fingerprint density at radius 2 is 2.18 bits per heavy atom. The zero-order valence-corrected chi connectivity index (χ0v) is 13.0. The highest BCUT2D eigenvalue weighted by Crippen LogP contribution is 2.23. The van der Waals surface area contributed by atoms with E-state index >= 15 is 0 Å². The van der Waals surface area contributed by atoms with Gasteiger partial charge in [0.2, 0.25) is 5.89 Å². The molecule has 0 aliphatic carbocycles. The molecule has 0 saturated carbocycles. The van der Waals surface area contributed by atoms with E-state index in [-0.39, 0.29) is 18.7 Å². The summed E-state index contributed by atoms with van der Waals surface area (Å²) >= 11 is 0. The Kier molecular flexibility index (Phi) is 5.16. The average molecular weight is 303 g/mol. The third-order valence-electron chi connectivity index (χ3n) is 3.44. The van der Waals surface area contributed by atoms with Gasteiger partial charge in [-0.3, -0.25) is 0 Å². The Morgan fingerprint density at radius 3 is 2.77 bits per heavy atom. The molecule has 0 aliphatic heterocycles. The van der Waals surface area contributed by atoms with E-state index in [0.717, 1.165) is 17.0 Å². The predicted molar refractivity (Wildman–Crippen MR) is 84.7 cm³/mol. The highest BCUT2D eigenvalue weighted by atomic mass is 16.4. The van der Waals surface area contributed by atoms with Gasteiger partial charge in [-0.25, -0.2) is 9.78 Å². The van der Waals surface area contributed by atoms with Gasteiger partial charge in [0.15, 0.2) is 0 Å². The molecule has 2 amide bonds. The monoisotopic (exact) mass is 303 g/mol. The molecule has 0 spiro atoms. The van der Waals surface area contributed by atoms with Crippen molar-refractivity contribution in [2.45, 2.75) is 33.2 Å². The Hall–Kier alpha value is -2.34. The van der Waals surface area contributed by atoms with Crippen LogP contribution in [0.3, 0.4) is 0 Å². The summed E-state index contributed by atoms with van der Waals surface area (Å²) in [5.41, 5.74) is 2.28. The number of urea groups is 1. The van der Waals surface area contributed by atoms with Crippen LogP contribution in [-0.2, 0) is 0 Å². The van der Waals surface area contributed by atoms with Gasteiger partial charge < -0.3 is 20.2 Å². The molecule has 0 bridgehead atoms. The summed E-state index contributed by atoms with van der Waals surface area (Å²) < 4.78 is 5.59. The third kappa shape index (κ3) is 3.85. The van der Waals surface area contributed by atoms with Gasteiger partial charge in [-0.1, -0.05) is 13.0 Å². The number of oxazole rings is 1. The van der Waals surface area contributed by atoms with E-state index in [4.69, 9.17) is 9.52 Å². The van der Waals surface area contributed by atoms with E-state index in [1.54, 1.807) is 12.1 Å². The van der Waals surface area contributed by atoms with E-state index in [1.165, 1.54) is 0 Å². The molecule has 1 aromatic heterocycles. The second kappa shape index (κ2) is 7.09. The molecule has 2 aromatic rings. The molecule has 1 atom stereocenters. The summed E-state index contributed by atoms with van der Waals surface area (Å²) in [5.74, 6) is 1.31. The lowest BCUT2D eigenvalue weighted by Gasteiger charge is -2.14. The maximum Gasteiger partial charge on any atom is 0.319 e. The maximum atomic E-state index is 11.9. The first-order chi connectivity index (χ1) is 10.5. The second-order valence-electron chi connectivity index (χ2n) is 5.13. The molecular weight excluding hydrogens is 282 g/mol. The van der Waals surface area contributed by atoms with Crippen LogP contribution in [0.25, 0.3) is 11.5 Å². The number of rotatable bonds is 5. The molecule has 6 nitrogen and oxygen atoms in total. The van der Waals surface area contributed by atoms with Crippen molar-refractivity contribution in [1.29, 1.82) is 0 Å². The van der Waals surface area contributed by atoms with Gasteiger partial charge in [0.1, 0.15) is 5.76 Å². The quantitative estimate of drug-likeness (QED) is 0.792. The largest absolute Gasteiger partial charge is 0.441 e. The zero-order valence-electron chi connectivity index (χ0n) is 13.0. The fraction of sp³-hybridized carbons (Fsp3) is 0.375. The molecule has 1 unspecified atom stereocenters. The number of aryl methyl sites for hydroxylation is 2. The van der Waals surface area contributed by atoms with Crippen LogP contribution in [0.5, 0.6) is 0 Å². The molecule has 0 fully saturated rings. The number of carbonyl (C=O) groups is 1. The summed E-state index contributed by atoms with van der Waals surface area (Å²) in [6, 6.07) is 6.67. The highest BCUT2D eigenvalue weighted by Gasteiger charge is 2.11. The minimum absolute atomic E-state index is 0.0845. The van der Waals surface area contributed by atoms with Crippen LogP contribution in [0.2, 0.25) is 0 Å². The number of nitrogens with zero attached hydrogens (tertiary/aromatic N) is 1. The maximum absolute atomic E-state index is 11.9. The lowest BCUT2D eigenvalue weighted by molar-refractivity contribution is 0.222. The van der Waals surface area contributed by atoms with Gasteiger partial charge in [-0.05, 0) is 38.5 Å². The fourth-order valence-corrected chi connectivity index (χ4v) is 1.96. The number of anilines is 1. The van der Waals surface area contributed by atoms with Crippen LogP contribution in [0.4, 0.5) is 10.5 Å². The van der Waals surface area contributed by atoms with Crippen molar-refractivity contribution in [3.8, 4) is 11.5 Å². The van der Waals surface area contributed by atoms with E-state index < -0.39 is 0 Å². The highest BCUT2D eigenvalue weighted by molar-refractivity contribution is 5.90. The molecule has 0 radical (unpaired) electrons. The van der Waals surface area contributed by atoms with Crippen molar-refractivity contribution < 1.29 is 14.3 Å². The van der Waals surface area contributed by atoms with Crippen LogP contribution in [0.15, 0.2) is 28.7 Å². The van der Waals surface area contributed by atoms with Crippen molar-refractivity contribution in [3.63, 3.8) is 0 Å². The van der Waals surface area contributed by atoms with E-state index in [2.05, 4.69) is 15.6 Å². The fourth-order valence-electron chi connectivity index (χ4n) is 1.96. The van der Waals surface area contributed by atoms with E-state index in [0.29, 0.717) is 18.0 Å². The minimum atomic E-state index is -0.349. The zero-order chi connectivity index (χ0) is 16.1. The van der Waals surface area contributed by atoms with Crippen LogP contribution in [-0.4, -0.2) is 28.8 Å². The summed E-state index contributed by atoms with van der Waals surface area (Å²) in [6.07, 6.45) is 0.666. The number of nitrogens with one attached hydrogen (secondary N) is 2. The van der Waals surface area contributed by atoms with Gasteiger partial charge >= 0.3 is 6.03 Å². The second-order valence-corrected chi connectivity index (χ2v) is 5.13. The smallest absolute Gasteiger partial charge is 0.319 e. The van der Waals surface area contributed by atoms with Gasteiger partial charge in [0.05, 0.1) is 18.3 Å². The van der Waals surface area contributed by atoms with Gasteiger partial charge in [0.25, 0.3) is 0 Å². The molecule has 1 heterocycles. The van der Waals surface area contributed by atoms with Crippen LogP contribution in [0, 0.1) is 13.8 Å². The first kappa shape index (κ1) is 16.0. The molecule has 22 heavy (non-hydrogen) atoms. The topological polar surface area (TPSA) is 87.4 Å². The van der Waals surface area contributed by atoms with Gasteiger partial charge in [0, 0.05) is 11.3 Å². The summed E-state index contributed by atoms with van der Waals surface area (Å²) in [4.78, 5) is 16.2. The van der Waals surface area contributed by atoms with Crippen molar-refractivity contribution in [2.24, 2.45) is 0 Å². The number of aromatic nitrogens is 1. The number of carbonyl (C=O) groups excluding carboxylic acids is 1. The lowest BCUT2D eigenvalue weighted by Crippen LogP contribution is -2.39. The summed E-state index contributed by atoms with van der Waals surface area (Å²) in [6.45, 7) is 5.56. The number of benzene rings is 1. The average Bonchev–Trinajstić information content (AvgIpc) is 2.84. The number of amides is 2. The van der Waals surface area contributed by atoms with Crippen molar-refractivity contribution >= 4 is 11.7 Å². The number of aliphatic hydroxyl groups is 1. The molecule has 0 aliphatic rings. The lowest BCUT2D eigenvalue weighted by atomic mass is 10.2. The summed E-state index contributed by atoms with van der Waals surface area (Å²) in [7, 11) is 0. The van der Waals surface area contributed by atoms with Crippen LogP contribution < -0.4 is 10.6 Å². The standard InChI is InChI=1S/C16H21N3O3/c1-4-13(9-20)18-16(21)19-14-7-5-6-12(8-14)15-17-10(2)11(3)22-15/h5-8,13,20H,4,9H2,1-3H3,(H2,18,19,21). The van der Waals surface area contributed by atoms with E-state index in [1.807, 2.05) is 32.9 Å². The molecule has 2 rings (SSSR count). The SMILES string of the molecule is CCC(CO)NC(=O)Nc1cccc(-c2nc(C)c(C)o2)c1. The van der Waals surface area contributed by atoms with E-state index in [9.17, 15) is 4.79 Å². The molecule has 3 N–H and O–H groups in total. The summed E-state index contributed by atoms with van der Waals surface area (Å²) in [5, 5.41) is 14.5. The van der Waals surface area contributed by atoms with Gasteiger partial charge in [-0.2, -0.15) is 0 Å². The van der Waals surface area contributed by atoms with Gasteiger partial charge in [-0.15, -0.1) is 0 Å². The van der Waals surface area contributed by atoms with Crippen LogP contribution >= 0.6 is 0 Å². The van der Waals surface area contributed by atoms with Crippen molar-refractivity contribution in [2.75, 3.05) is 11.9 Å². The molecular formula is C16H21N3O3. The Morgan fingerprint density at radius 1 is 1.41 bits per heavy atom. The molecule has 0 saturated heterocycles. The normalized spacial score (nSPS) is 12.0. The Balaban J connectivity index is 2.10. The number of hydrogen-bond acceptors (Lipinski definition) is 4. The third-order valence-corrected chi connectivity index (χ3v) is 3.44.